The molecule has 0 bridgehead atoms. The summed E-state index contributed by atoms with van der Waals surface area (Å²) in [5, 5.41) is 0. The zero-order valence-electron chi connectivity index (χ0n) is 12.5. The van der Waals surface area contributed by atoms with Gasteiger partial charge in [0.15, 0.2) is 0 Å². The number of hydrogen-bond acceptors (Lipinski definition) is 1. The van der Waals surface area contributed by atoms with E-state index < -0.39 is 18.1 Å². The molecule has 5 heteroatoms. The lowest BCUT2D eigenvalue weighted by molar-refractivity contribution is -0.183. The van der Waals surface area contributed by atoms with E-state index in [0.717, 1.165) is 36.1 Å². The molecule has 2 nitrogen and oxygen atoms in total. The van der Waals surface area contributed by atoms with Crippen LogP contribution in [0.2, 0.25) is 0 Å². The number of aryl methyl sites for hydroxylation is 2. The van der Waals surface area contributed by atoms with Crippen molar-refractivity contribution in [3.63, 3.8) is 0 Å². The molecular formula is C17H20F3NO. The SMILES string of the molecule is O=C(c1ccc2c(c1)CCCC2)N1CCCCC1C(F)(F)F. The number of piperidine rings is 1. The minimum atomic E-state index is -4.34. The van der Waals surface area contributed by atoms with E-state index in [9.17, 15) is 18.0 Å². The first-order valence-electron chi connectivity index (χ1n) is 7.96. The van der Waals surface area contributed by atoms with Gasteiger partial charge in [-0.1, -0.05) is 6.07 Å². The summed E-state index contributed by atoms with van der Waals surface area (Å²) in [6.45, 7) is 0.195. The van der Waals surface area contributed by atoms with Gasteiger partial charge in [0.2, 0.25) is 0 Å². The maximum Gasteiger partial charge on any atom is 0.408 e. The first kappa shape index (κ1) is 15.4. The molecule has 0 aromatic heterocycles. The van der Waals surface area contributed by atoms with E-state index in [1.807, 2.05) is 6.07 Å². The molecule has 22 heavy (non-hydrogen) atoms. The van der Waals surface area contributed by atoms with Gasteiger partial charge in [-0.3, -0.25) is 4.79 Å². The van der Waals surface area contributed by atoms with Crippen molar-refractivity contribution >= 4 is 5.91 Å². The Morgan fingerprint density at radius 2 is 1.77 bits per heavy atom. The minimum absolute atomic E-state index is 0.0141. The average molecular weight is 311 g/mol. The molecule has 2 aliphatic rings. The largest absolute Gasteiger partial charge is 0.408 e. The number of carbonyl (C=O) groups is 1. The Kier molecular flexibility index (Phi) is 4.15. The fraction of sp³-hybridized carbons (Fsp3) is 0.588. The van der Waals surface area contributed by atoms with Crippen LogP contribution in [-0.2, 0) is 12.8 Å². The molecule has 1 aromatic rings. The highest BCUT2D eigenvalue weighted by Gasteiger charge is 2.46. The van der Waals surface area contributed by atoms with Crippen molar-refractivity contribution < 1.29 is 18.0 Å². The van der Waals surface area contributed by atoms with Gasteiger partial charge in [-0.05, 0) is 68.2 Å². The molecule has 1 fully saturated rings. The maximum absolute atomic E-state index is 13.1. The van der Waals surface area contributed by atoms with Gasteiger partial charge in [-0.2, -0.15) is 13.2 Å². The summed E-state index contributed by atoms with van der Waals surface area (Å²) in [6, 6.07) is 3.77. The Balaban J connectivity index is 1.85. The van der Waals surface area contributed by atoms with E-state index in [2.05, 4.69) is 0 Å². The third kappa shape index (κ3) is 2.99. The molecule has 1 aliphatic heterocycles. The van der Waals surface area contributed by atoms with Crippen LogP contribution in [0.1, 0.15) is 53.6 Å². The van der Waals surface area contributed by atoms with Crippen molar-refractivity contribution in [1.82, 2.24) is 4.90 Å². The van der Waals surface area contributed by atoms with Crippen LogP contribution in [0.4, 0.5) is 13.2 Å². The molecule has 0 spiro atoms. The lowest BCUT2D eigenvalue weighted by atomic mass is 9.90. The van der Waals surface area contributed by atoms with E-state index in [-0.39, 0.29) is 13.0 Å². The Hall–Kier alpha value is -1.52. The van der Waals surface area contributed by atoms with Crippen LogP contribution in [0, 0.1) is 0 Å². The zero-order chi connectivity index (χ0) is 15.7. The second-order valence-electron chi connectivity index (χ2n) is 6.24. The number of rotatable bonds is 1. The fourth-order valence-electron chi connectivity index (χ4n) is 3.55. The molecule has 1 unspecified atom stereocenters. The first-order valence-corrected chi connectivity index (χ1v) is 7.96. The van der Waals surface area contributed by atoms with E-state index in [0.29, 0.717) is 18.4 Å². The van der Waals surface area contributed by atoms with Crippen molar-refractivity contribution in [3.05, 3.63) is 34.9 Å². The molecule has 120 valence electrons. The van der Waals surface area contributed by atoms with Crippen LogP contribution >= 0.6 is 0 Å². The summed E-state index contributed by atoms with van der Waals surface area (Å²) in [4.78, 5) is 13.6. The minimum Gasteiger partial charge on any atom is -0.327 e. The Bertz CT molecular complexity index is 568. The summed E-state index contributed by atoms with van der Waals surface area (Å²) < 4.78 is 39.4. The predicted octanol–water partition coefficient (Wildman–Crippen LogP) is 4.12. The van der Waals surface area contributed by atoms with Gasteiger partial charge in [0, 0.05) is 12.1 Å². The first-order chi connectivity index (χ1) is 10.5. The lowest BCUT2D eigenvalue weighted by Gasteiger charge is -2.37. The number of likely N-dealkylation sites (tertiary alicyclic amines) is 1. The monoisotopic (exact) mass is 311 g/mol. The predicted molar refractivity (Wildman–Crippen MR) is 77.8 cm³/mol. The summed E-state index contributed by atoms with van der Waals surface area (Å²) in [7, 11) is 0. The van der Waals surface area contributed by atoms with E-state index in [1.54, 1.807) is 12.1 Å². The lowest BCUT2D eigenvalue weighted by Crippen LogP contribution is -2.51. The summed E-state index contributed by atoms with van der Waals surface area (Å²) in [5.74, 6) is -0.476. The molecule has 0 saturated carbocycles. The van der Waals surface area contributed by atoms with E-state index in [1.165, 1.54) is 5.56 Å². The van der Waals surface area contributed by atoms with Gasteiger partial charge < -0.3 is 4.90 Å². The third-order valence-corrected chi connectivity index (χ3v) is 4.74. The standard InChI is InChI=1S/C17H20F3NO/c18-17(19,20)15-7-3-4-10-21(15)16(22)14-9-8-12-5-1-2-6-13(12)11-14/h8-9,11,15H,1-7,10H2. The number of hydrogen-bond donors (Lipinski definition) is 0. The van der Waals surface area contributed by atoms with Gasteiger partial charge in [-0.25, -0.2) is 0 Å². The van der Waals surface area contributed by atoms with Gasteiger partial charge in [-0.15, -0.1) is 0 Å². The van der Waals surface area contributed by atoms with E-state index in [4.69, 9.17) is 0 Å². The van der Waals surface area contributed by atoms with Gasteiger partial charge in [0.05, 0.1) is 0 Å². The number of amides is 1. The molecular weight excluding hydrogens is 291 g/mol. The quantitative estimate of drug-likeness (QED) is 0.764. The van der Waals surface area contributed by atoms with Crippen LogP contribution in [0.25, 0.3) is 0 Å². The molecule has 3 rings (SSSR count). The van der Waals surface area contributed by atoms with Crippen LogP contribution in [0.3, 0.4) is 0 Å². The second-order valence-corrected chi connectivity index (χ2v) is 6.24. The maximum atomic E-state index is 13.1. The highest BCUT2D eigenvalue weighted by Crippen LogP contribution is 2.33. The van der Waals surface area contributed by atoms with Crippen LogP contribution < -0.4 is 0 Å². The number of alkyl halides is 3. The average Bonchev–Trinajstić information content (AvgIpc) is 2.53. The third-order valence-electron chi connectivity index (χ3n) is 4.74. The number of halogens is 3. The normalized spacial score (nSPS) is 22.3. The molecule has 1 aliphatic carbocycles. The summed E-state index contributed by atoms with van der Waals surface area (Å²) in [5.41, 5.74) is 2.75. The summed E-state index contributed by atoms with van der Waals surface area (Å²) >= 11 is 0. The zero-order valence-corrected chi connectivity index (χ0v) is 12.5. The van der Waals surface area contributed by atoms with Crippen molar-refractivity contribution in [3.8, 4) is 0 Å². The molecule has 0 N–H and O–H groups in total. The number of fused-ring (bicyclic) bond motifs is 1. The molecule has 1 amide bonds. The fourth-order valence-corrected chi connectivity index (χ4v) is 3.55. The van der Waals surface area contributed by atoms with E-state index >= 15 is 0 Å². The molecule has 0 radical (unpaired) electrons. The number of carbonyl (C=O) groups excluding carboxylic acids is 1. The Morgan fingerprint density at radius 3 is 2.50 bits per heavy atom. The summed E-state index contributed by atoms with van der Waals surface area (Å²) in [6.07, 6.45) is 0.978. The van der Waals surface area contributed by atoms with Crippen molar-refractivity contribution in [2.75, 3.05) is 6.54 Å². The molecule has 1 aromatic carbocycles. The topological polar surface area (TPSA) is 20.3 Å². The second kappa shape index (κ2) is 5.94. The number of nitrogens with zero attached hydrogens (tertiary/aromatic N) is 1. The van der Waals surface area contributed by atoms with Crippen LogP contribution in [0.15, 0.2) is 18.2 Å². The van der Waals surface area contributed by atoms with Crippen molar-refractivity contribution in [2.45, 2.75) is 57.2 Å². The molecule has 1 heterocycles. The van der Waals surface area contributed by atoms with Gasteiger partial charge in [0.1, 0.15) is 6.04 Å². The Labute approximate surface area is 128 Å². The highest BCUT2D eigenvalue weighted by molar-refractivity contribution is 5.94. The molecule has 1 atom stereocenters. The van der Waals surface area contributed by atoms with Gasteiger partial charge >= 0.3 is 6.18 Å². The van der Waals surface area contributed by atoms with Crippen LogP contribution in [0.5, 0.6) is 0 Å². The van der Waals surface area contributed by atoms with Crippen LogP contribution in [-0.4, -0.2) is 29.6 Å². The van der Waals surface area contributed by atoms with Gasteiger partial charge in [0.25, 0.3) is 5.91 Å². The van der Waals surface area contributed by atoms with Crippen molar-refractivity contribution in [1.29, 1.82) is 0 Å². The smallest absolute Gasteiger partial charge is 0.327 e. The highest BCUT2D eigenvalue weighted by atomic mass is 19.4. The number of benzene rings is 1. The Morgan fingerprint density at radius 1 is 1.05 bits per heavy atom. The molecule has 1 saturated heterocycles. The van der Waals surface area contributed by atoms with Crippen molar-refractivity contribution in [2.24, 2.45) is 0 Å².